The zero-order valence-corrected chi connectivity index (χ0v) is 14.2. The zero-order chi connectivity index (χ0) is 19.6. The molecule has 0 amide bonds. The predicted octanol–water partition coefficient (Wildman–Crippen LogP) is -1.24. The summed E-state index contributed by atoms with van der Waals surface area (Å²) >= 11 is 0. The molecule has 136 valence electrons. The van der Waals surface area contributed by atoms with Crippen molar-refractivity contribution in [2.24, 2.45) is 21.1 Å². The van der Waals surface area contributed by atoms with Crippen LogP contribution in [0.4, 0.5) is 0 Å². The molecule has 2 aromatic heterocycles. The first kappa shape index (κ1) is 18.6. The van der Waals surface area contributed by atoms with E-state index < -0.39 is 34.3 Å². The molecular formula is C16H16N4O6. The summed E-state index contributed by atoms with van der Waals surface area (Å²) < 4.78 is 2.63. The van der Waals surface area contributed by atoms with Gasteiger partial charge in [0.2, 0.25) is 11.8 Å². The van der Waals surface area contributed by atoms with Crippen LogP contribution in [0.15, 0.2) is 37.1 Å². The molecule has 0 bridgehead atoms. The molecule has 0 saturated heterocycles. The Hall–Kier alpha value is -3.78. The van der Waals surface area contributed by atoms with Gasteiger partial charge in [-0.15, -0.1) is 5.73 Å². The highest BCUT2D eigenvalue weighted by atomic mass is 16.3. The lowest BCUT2D eigenvalue weighted by atomic mass is 10.2. The van der Waals surface area contributed by atoms with Gasteiger partial charge < -0.3 is 10.2 Å². The van der Waals surface area contributed by atoms with E-state index >= 15 is 0 Å². The lowest BCUT2D eigenvalue weighted by Crippen LogP contribution is -2.37. The number of aromatic hydroxyl groups is 2. The van der Waals surface area contributed by atoms with E-state index in [1.54, 1.807) is 0 Å². The van der Waals surface area contributed by atoms with Crippen LogP contribution in [0.1, 0.15) is 11.1 Å². The maximum atomic E-state index is 12.0. The minimum Gasteiger partial charge on any atom is -0.494 e. The van der Waals surface area contributed by atoms with Crippen LogP contribution in [0.25, 0.3) is 12.2 Å². The predicted molar refractivity (Wildman–Crippen MR) is 94.1 cm³/mol. The normalized spacial score (nSPS) is 10.7. The largest absolute Gasteiger partial charge is 0.494 e. The quantitative estimate of drug-likeness (QED) is 0.462. The Morgan fingerprint density at radius 1 is 0.923 bits per heavy atom. The summed E-state index contributed by atoms with van der Waals surface area (Å²) in [6.07, 6.45) is 5.08. The Balaban J connectivity index is 2.42. The molecule has 0 aromatic carbocycles. The lowest BCUT2D eigenvalue weighted by Gasteiger charge is -2.06. The van der Waals surface area contributed by atoms with Crippen molar-refractivity contribution in [1.29, 1.82) is 0 Å². The number of nitrogens with one attached hydrogen (secondary N) is 1. The standard InChI is InChI=1S/C16H16N4O6/c1-18-12(22)9(11(21)17-15(18)25)7-5-4-6-8-10-13(23)19(2)16(26)20(3)14(10)24/h4,6-8,22-23H,1-3H3,(H,17,21,25). The molecule has 2 rings (SSSR count). The lowest BCUT2D eigenvalue weighted by molar-refractivity contribution is 0.410. The third-order valence-electron chi connectivity index (χ3n) is 3.68. The summed E-state index contributed by atoms with van der Waals surface area (Å²) in [4.78, 5) is 48.6. The third-order valence-corrected chi connectivity index (χ3v) is 3.68. The number of rotatable bonds is 3. The molecule has 3 N–H and O–H groups in total. The minimum absolute atomic E-state index is 0.101. The second-order valence-electron chi connectivity index (χ2n) is 5.34. The zero-order valence-electron chi connectivity index (χ0n) is 14.2. The molecule has 26 heavy (non-hydrogen) atoms. The van der Waals surface area contributed by atoms with E-state index in [1.165, 1.54) is 39.4 Å². The monoisotopic (exact) mass is 360 g/mol. The Morgan fingerprint density at radius 3 is 2.19 bits per heavy atom. The summed E-state index contributed by atoms with van der Waals surface area (Å²) in [6, 6.07) is 0. The van der Waals surface area contributed by atoms with E-state index in [0.717, 1.165) is 19.8 Å². The molecule has 0 spiro atoms. The molecule has 0 unspecified atom stereocenters. The van der Waals surface area contributed by atoms with Crippen molar-refractivity contribution >= 4 is 12.2 Å². The van der Waals surface area contributed by atoms with Crippen LogP contribution in [-0.4, -0.2) is 28.9 Å². The molecule has 10 nitrogen and oxygen atoms in total. The van der Waals surface area contributed by atoms with Gasteiger partial charge in [0.25, 0.3) is 11.1 Å². The SMILES string of the molecule is Cn1c(O)c(C=C=CC=Cc2c(O)n(C)c(=O)n(C)c2=O)c(=O)[nH]c1=O. The molecule has 0 saturated carbocycles. The summed E-state index contributed by atoms with van der Waals surface area (Å²) in [5, 5.41) is 19.7. The van der Waals surface area contributed by atoms with Crippen molar-refractivity contribution in [3.8, 4) is 11.8 Å². The minimum atomic E-state index is -0.778. The number of H-pyrrole nitrogens is 1. The molecule has 0 fully saturated rings. The first-order chi connectivity index (χ1) is 12.2. The summed E-state index contributed by atoms with van der Waals surface area (Å²) in [7, 11) is 3.89. The van der Waals surface area contributed by atoms with E-state index in [4.69, 9.17) is 0 Å². The molecule has 0 aliphatic carbocycles. The van der Waals surface area contributed by atoms with E-state index in [0.29, 0.717) is 0 Å². The van der Waals surface area contributed by atoms with E-state index in [2.05, 4.69) is 5.73 Å². The fourth-order valence-corrected chi connectivity index (χ4v) is 2.09. The smallest absolute Gasteiger partial charge is 0.333 e. The van der Waals surface area contributed by atoms with Crippen LogP contribution in [0.3, 0.4) is 0 Å². The van der Waals surface area contributed by atoms with E-state index in [-0.39, 0.29) is 11.1 Å². The molecule has 0 aliphatic heterocycles. The topological polar surface area (TPSA) is 139 Å². The number of nitrogens with zero attached hydrogens (tertiary/aromatic N) is 3. The van der Waals surface area contributed by atoms with Crippen molar-refractivity contribution < 1.29 is 10.2 Å². The van der Waals surface area contributed by atoms with Crippen LogP contribution in [0, 0.1) is 0 Å². The van der Waals surface area contributed by atoms with E-state index in [9.17, 15) is 29.4 Å². The van der Waals surface area contributed by atoms with Gasteiger partial charge in [0.15, 0.2) is 0 Å². The third kappa shape index (κ3) is 3.21. The number of allylic oxidation sites excluding steroid dienone is 2. The van der Waals surface area contributed by atoms with Gasteiger partial charge in [0, 0.05) is 21.1 Å². The van der Waals surface area contributed by atoms with Gasteiger partial charge in [-0.1, -0.05) is 6.08 Å². The van der Waals surface area contributed by atoms with Gasteiger partial charge >= 0.3 is 11.4 Å². The number of hydrogen-bond acceptors (Lipinski definition) is 6. The summed E-state index contributed by atoms with van der Waals surface area (Å²) in [5.74, 6) is -1.01. The highest BCUT2D eigenvalue weighted by Gasteiger charge is 2.11. The molecule has 0 atom stereocenters. The second-order valence-corrected chi connectivity index (χ2v) is 5.34. The number of hydrogen-bond donors (Lipinski definition) is 3. The number of aromatic nitrogens is 4. The summed E-state index contributed by atoms with van der Waals surface area (Å²) in [6.45, 7) is 0. The Kier molecular flexibility index (Phi) is 4.99. The van der Waals surface area contributed by atoms with Gasteiger partial charge in [0.05, 0.1) is 0 Å². The Bertz CT molecular complexity index is 1200. The maximum Gasteiger partial charge on any atom is 0.333 e. The average Bonchev–Trinajstić information content (AvgIpc) is 2.61. The Labute approximate surface area is 145 Å². The van der Waals surface area contributed by atoms with Gasteiger partial charge in [-0.3, -0.25) is 28.3 Å². The highest BCUT2D eigenvalue weighted by Crippen LogP contribution is 2.11. The van der Waals surface area contributed by atoms with Crippen LogP contribution in [-0.2, 0) is 21.1 Å². The van der Waals surface area contributed by atoms with Crippen LogP contribution < -0.4 is 22.5 Å². The fourth-order valence-electron chi connectivity index (χ4n) is 2.09. The summed E-state index contributed by atoms with van der Waals surface area (Å²) in [5.41, 5.74) is -0.552. The first-order valence-corrected chi connectivity index (χ1v) is 7.27. The van der Waals surface area contributed by atoms with Crippen molar-refractivity contribution in [2.45, 2.75) is 0 Å². The average molecular weight is 360 g/mol. The Morgan fingerprint density at radius 2 is 1.54 bits per heavy atom. The van der Waals surface area contributed by atoms with Crippen LogP contribution >= 0.6 is 0 Å². The van der Waals surface area contributed by atoms with Gasteiger partial charge in [-0.05, 0) is 18.2 Å². The van der Waals surface area contributed by atoms with Crippen LogP contribution in [0.2, 0.25) is 0 Å². The molecule has 2 aromatic rings. The van der Waals surface area contributed by atoms with Crippen molar-refractivity contribution in [1.82, 2.24) is 18.7 Å². The first-order valence-electron chi connectivity index (χ1n) is 7.27. The number of aromatic amines is 1. The second kappa shape index (κ2) is 6.99. The highest BCUT2D eigenvalue weighted by molar-refractivity contribution is 5.56. The van der Waals surface area contributed by atoms with E-state index in [1.807, 2.05) is 4.98 Å². The van der Waals surface area contributed by atoms with Crippen molar-refractivity contribution in [3.63, 3.8) is 0 Å². The maximum absolute atomic E-state index is 12.0. The molecule has 10 heteroatoms. The molecular weight excluding hydrogens is 344 g/mol. The van der Waals surface area contributed by atoms with Gasteiger partial charge in [-0.2, -0.15) is 0 Å². The van der Waals surface area contributed by atoms with Crippen molar-refractivity contribution in [3.05, 3.63) is 70.7 Å². The van der Waals surface area contributed by atoms with Crippen molar-refractivity contribution in [2.75, 3.05) is 0 Å². The van der Waals surface area contributed by atoms with Gasteiger partial charge in [0.1, 0.15) is 11.1 Å². The molecule has 2 heterocycles. The molecule has 0 aliphatic rings. The molecule has 0 radical (unpaired) electrons. The van der Waals surface area contributed by atoms with Gasteiger partial charge in [-0.25, -0.2) is 9.59 Å². The van der Waals surface area contributed by atoms with Crippen LogP contribution in [0.5, 0.6) is 11.8 Å². The fraction of sp³-hybridized carbons (Fsp3) is 0.188.